The second-order valence-electron chi connectivity index (χ2n) is 3.22. The predicted octanol–water partition coefficient (Wildman–Crippen LogP) is 4.85. The number of benzene rings is 1. The van der Waals surface area contributed by atoms with E-state index < -0.39 is 0 Å². The van der Waals surface area contributed by atoms with Gasteiger partial charge in [-0.15, -0.1) is 12.6 Å². The molecule has 0 aliphatic carbocycles. The largest absolute Gasteiger partial charge is 0.207 e. The van der Waals surface area contributed by atoms with E-state index in [1.807, 2.05) is 0 Å². The molecule has 0 unspecified atom stereocenters. The van der Waals surface area contributed by atoms with Crippen LogP contribution >= 0.6 is 49.3 Å². The highest BCUT2D eigenvalue weighted by Gasteiger charge is 2.11. The summed E-state index contributed by atoms with van der Waals surface area (Å²) >= 11 is 19.7. The Balaban J connectivity index is 2.80. The third-order valence-corrected chi connectivity index (χ3v) is 4.31. The minimum absolute atomic E-state index is 0.292. The van der Waals surface area contributed by atoms with Gasteiger partial charge in [0.25, 0.3) is 0 Å². The number of halogens is 1. The SMILES string of the molecule is Fc1ccc(-c2c(S)c(=S)c(=S)c2=S)cc1. The molecule has 2 aromatic carbocycles. The first-order chi connectivity index (χ1) is 7.52. The van der Waals surface area contributed by atoms with Crippen molar-refractivity contribution in [1.29, 1.82) is 0 Å². The van der Waals surface area contributed by atoms with Gasteiger partial charge < -0.3 is 0 Å². The van der Waals surface area contributed by atoms with E-state index >= 15 is 0 Å². The average molecular weight is 284 g/mol. The zero-order chi connectivity index (χ0) is 11.9. The molecule has 2 aromatic rings. The molecular formula is C11H5FS4. The second kappa shape index (κ2) is 4.41. The number of hydrogen-bond acceptors (Lipinski definition) is 4. The lowest BCUT2D eigenvalue weighted by molar-refractivity contribution is 0.628. The molecule has 0 aromatic heterocycles. The molecule has 0 atom stereocenters. The molecule has 0 saturated carbocycles. The Morgan fingerprint density at radius 3 is 1.88 bits per heavy atom. The number of thiol groups is 1. The van der Waals surface area contributed by atoms with E-state index in [9.17, 15) is 4.39 Å². The molecule has 0 heterocycles. The fourth-order valence-corrected chi connectivity index (χ4v) is 2.73. The maximum absolute atomic E-state index is 12.8. The summed E-state index contributed by atoms with van der Waals surface area (Å²) in [7, 11) is 0. The van der Waals surface area contributed by atoms with E-state index in [-0.39, 0.29) is 5.82 Å². The predicted molar refractivity (Wildman–Crippen MR) is 74.0 cm³/mol. The molecule has 5 heteroatoms. The molecule has 0 fully saturated rings. The Bertz CT molecular complexity index is 679. The van der Waals surface area contributed by atoms with Crippen molar-refractivity contribution in [3.05, 3.63) is 43.6 Å². The van der Waals surface area contributed by atoms with Crippen LogP contribution < -0.4 is 0 Å². The van der Waals surface area contributed by atoms with Crippen molar-refractivity contribution >= 4 is 49.3 Å². The van der Waals surface area contributed by atoms with E-state index in [4.69, 9.17) is 36.7 Å². The minimum atomic E-state index is -0.292. The smallest absolute Gasteiger partial charge is 0.123 e. The Labute approximate surface area is 113 Å². The molecular weight excluding hydrogens is 279 g/mol. The molecule has 16 heavy (non-hydrogen) atoms. The van der Waals surface area contributed by atoms with Gasteiger partial charge in [0.15, 0.2) is 0 Å². The molecule has 0 bridgehead atoms. The summed E-state index contributed by atoms with van der Waals surface area (Å²) in [6.07, 6.45) is 0. The highest BCUT2D eigenvalue weighted by atomic mass is 32.1. The van der Waals surface area contributed by atoms with E-state index in [1.165, 1.54) is 12.1 Å². The van der Waals surface area contributed by atoms with E-state index in [2.05, 4.69) is 12.6 Å². The summed E-state index contributed by atoms with van der Waals surface area (Å²) in [6, 6.07) is 6.03. The summed E-state index contributed by atoms with van der Waals surface area (Å²) in [5.74, 6) is -0.292. The summed E-state index contributed by atoms with van der Waals surface area (Å²) < 4.78 is 14.3. The van der Waals surface area contributed by atoms with Crippen LogP contribution in [0.4, 0.5) is 4.39 Å². The topological polar surface area (TPSA) is 0 Å². The van der Waals surface area contributed by atoms with Crippen LogP contribution in [0.5, 0.6) is 0 Å². The van der Waals surface area contributed by atoms with Crippen molar-refractivity contribution in [2.24, 2.45) is 0 Å². The molecule has 0 saturated heterocycles. The first-order valence-corrected chi connectivity index (χ1v) is 6.02. The fourth-order valence-electron chi connectivity index (χ4n) is 1.43. The Kier molecular flexibility index (Phi) is 3.30. The lowest BCUT2D eigenvalue weighted by Crippen LogP contribution is -1.78. The van der Waals surface area contributed by atoms with Crippen molar-refractivity contribution in [3.63, 3.8) is 0 Å². The highest BCUT2D eigenvalue weighted by molar-refractivity contribution is 7.81. The van der Waals surface area contributed by atoms with Crippen molar-refractivity contribution in [2.45, 2.75) is 4.90 Å². The van der Waals surface area contributed by atoms with Gasteiger partial charge in [-0.05, 0) is 17.7 Å². The maximum atomic E-state index is 12.8. The molecule has 80 valence electrons. The molecule has 0 spiro atoms. The standard InChI is InChI=1S/C11H5FS4/c12-6-3-1-5(2-4-6)7-8(13)10(15)11(16)9(7)14/h1-4,13H. The first kappa shape index (κ1) is 12.0. The normalized spacial score (nSPS) is 10.6. The Morgan fingerprint density at radius 2 is 1.44 bits per heavy atom. The second-order valence-corrected chi connectivity index (χ2v) is 4.89. The highest BCUT2D eigenvalue weighted by Crippen LogP contribution is 2.31. The minimum Gasteiger partial charge on any atom is -0.207 e. The van der Waals surface area contributed by atoms with E-state index in [0.29, 0.717) is 18.4 Å². The monoisotopic (exact) mass is 284 g/mol. The maximum Gasteiger partial charge on any atom is 0.123 e. The summed E-state index contributed by atoms with van der Waals surface area (Å²) in [5, 5.41) is 0. The number of hydrogen-bond donors (Lipinski definition) is 1. The van der Waals surface area contributed by atoms with Gasteiger partial charge in [-0.2, -0.15) is 0 Å². The van der Waals surface area contributed by atoms with Gasteiger partial charge in [0, 0.05) is 10.5 Å². The van der Waals surface area contributed by atoms with Crippen LogP contribution in [-0.2, 0) is 0 Å². The van der Waals surface area contributed by atoms with Crippen LogP contribution in [0.15, 0.2) is 29.2 Å². The van der Waals surface area contributed by atoms with Crippen LogP contribution in [0, 0.1) is 19.3 Å². The molecule has 0 N–H and O–H groups in total. The molecule has 2 rings (SSSR count). The Morgan fingerprint density at radius 1 is 0.875 bits per heavy atom. The van der Waals surface area contributed by atoms with Crippen molar-refractivity contribution < 1.29 is 4.39 Å². The summed E-state index contributed by atoms with van der Waals surface area (Å²) in [6.45, 7) is 0. The zero-order valence-electron chi connectivity index (χ0n) is 7.86. The number of rotatable bonds is 1. The van der Waals surface area contributed by atoms with E-state index in [1.54, 1.807) is 12.1 Å². The zero-order valence-corrected chi connectivity index (χ0v) is 11.2. The van der Waals surface area contributed by atoms with Crippen molar-refractivity contribution in [2.75, 3.05) is 0 Å². The molecule has 0 nitrogen and oxygen atoms in total. The van der Waals surface area contributed by atoms with Gasteiger partial charge in [-0.25, -0.2) is 4.39 Å². The van der Waals surface area contributed by atoms with Crippen LogP contribution in [-0.4, -0.2) is 0 Å². The Hall–Kier alpha value is -0.490. The van der Waals surface area contributed by atoms with Crippen LogP contribution in [0.2, 0.25) is 0 Å². The average Bonchev–Trinajstić information content (AvgIpc) is 2.46. The lowest BCUT2D eigenvalue weighted by atomic mass is 10.1. The van der Waals surface area contributed by atoms with Crippen LogP contribution in [0.3, 0.4) is 0 Å². The van der Waals surface area contributed by atoms with Gasteiger partial charge in [-0.3, -0.25) is 0 Å². The van der Waals surface area contributed by atoms with Gasteiger partial charge in [-0.1, -0.05) is 48.8 Å². The van der Waals surface area contributed by atoms with Crippen LogP contribution in [0.1, 0.15) is 0 Å². The summed E-state index contributed by atoms with van der Waals surface area (Å²) in [4.78, 5) is 0.608. The third kappa shape index (κ3) is 1.88. The van der Waals surface area contributed by atoms with Gasteiger partial charge in [0.05, 0.1) is 13.5 Å². The van der Waals surface area contributed by atoms with E-state index in [0.717, 1.165) is 11.1 Å². The first-order valence-electron chi connectivity index (χ1n) is 4.35. The van der Waals surface area contributed by atoms with Gasteiger partial charge >= 0.3 is 0 Å². The van der Waals surface area contributed by atoms with Gasteiger partial charge in [0.2, 0.25) is 0 Å². The molecule has 0 radical (unpaired) electrons. The lowest BCUT2D eigenvalue weighted by Gasteiger charge is -1.99. The van der Waals surface area contributed by atoms with Crippen LogP contribution in [0.25, 0.3) is 11.1 Å². The molecule has 0 aliphatic rings. The van der Waals surface area contributed by atoms with Crippen molar-refractivity contribution in [1.82, 2.24) is 0 Å². The molecule has 0 amide bonds. The molecule has 0 aliphatic heterocycles. The fraction of sp³-hybridized carbons (Fsp3) is 0. The quantitative estimate of drug-likeness (QED) is 0.588. The summed E-state index contributed by atoms with van der Waals surface area (Å²) in [5.41, 5.74) is 1.52. The third-order valence-electron chi connectivity index (χ3n) is 2.22. The van der Waals surface area contributed by atoms with Gasteiger partial charge in [0.1, 0.15) is 5.82 Å². The van der Waals surface area contributed by atoms with Crippen molar-refractivity contribution in [3.8, 4) is 11.1 Å².